The number of esters is 1. The van der Waals surface area contributed by atoms with Crippen molar-refractivity contribution in [2.45, 2.75) is 39.3 Å². The molecule has 2 atom stereocenters. The first-order valence-corrected chi connectivity index (χ1v) is 8.59. The predicted octanol–water partition coefficient (Wildman–Crippen LogP) is 1.33. The van der Waals surface area contributed by atoms with Crippen molar-refractivity contribution in [3.63, 3.8) is 0 Å². The van der Waals surface area contributed by atoms with E-state index in [0.717, 1.165) is 18.2 Å². The minimum atomic E-state index is -1.12. The van der Waals surface area contributed by atoms with Gasteiger partial charge in [-0.2, -0.15) is 0 Å². The highest BCUT2D eigenvalue weighted by Gasteiger charge is 2.27. The molecule has 2 amide bonds. The Morgan fingerprint density at radius 3 is 1.93 bits per heavy atom. The number of hydrogen-bond acceptors (Lipinski definition) is 8. The SMILES string of the molecule is COC(=O)[C@H](CC(C)C)NC(=O)[C@H](C)NC(=O)c1cc([N+](=O)[O-])cc([N+](=O)[O-])c1. The summed E-state index contributed by atoms with van der Waals surface area (Å²) in [5.41, 5.74) is -1.62. The Hall–Kier alpha value is -3.57. The van der Waals surface area contributed by atoms with Gasteiger partial charge in [-0.15, -0.1) is 0 Å². The lowest BCUT2D eigenvalue weighted by molar-refractivity contribution is -0.394. The van der Waals surface area contributed by atoms with E-state index in [2.05, 4.69) is 15.4 Å². The molecule has 0 aliphatic rings. The number of nitro benzene ring substituents is 2. The number of rotatable bonds is 9. The van der Waals surface area contributed by atoms with Crippen molar-refractivity contribution < 1.29 is 29.0 Å². The molecule has 158 valence electrons. The van der Waals surface area contributed by atoms with Crippen LogP contribution in [0.4, 0.5) is 11.4 Å². The van der Waals surface area contributed by atoms with E-state index >= 15 is 0 Å². The molecule has 0 aliphatic carbocycles. The summed E-state index contributed by atoms with van der Waals surface area (Å²) in [5, 5.41) is 26.6. The lowest BCUT2D eigenvalue weighted by atomic mass is 10.0. The normalized spacial score (nSPS) is 12.6. The highest BCUT2D eigenvalue weighted by molar-refractivity contribution is 5.99. The zero-order valence-electron chi connectivity index (χ0n) is 16.3. The number of ether oxygens (including phenoxy) is 1. The first-order chi connectivity index (χ1) is 13.5. The van der Waals surface area contributed by atoms with E-state index in [1.807, 2.05) is 13.8 Å². The van der Waals surface area contributed by atoms with Crippen LogP contribution in [0, 0.1) is 26.1 Å². The molecule has 0 saturated carbocycles. The van der Waals surface area contributed by atoms with Crippen LogP contribution in [0.2, 0.25) is 0 Å². The average Bonchev–Trinajstić information content (AvgIpc) is 2.65. The van der Waals surface area contributed by atoms with Crippen LogP contribution in [0.25, 0.3) is 0 Å². The third-order valence-electron chi connectivity index (χ3n) is 3.84. The molecule has 1 aromatic rings. The zero-order chi connectivity index (χ0) is 22.3. The molecule has 2 N–H and O–H groups in total. The van der Waals surface area contributed by atoms with Crippen LogP contribution >= 0.6 is 0 Å². The first-order valence-electron chi connectivity index (χ1n) is 8.59. The highest BCUT2D eigenvalue weighted by Crippen LogP contribution is 2.22. The van der Waals surface area contributed by atoms with Gasteiger partial charge in [0, 0.05) is 12.1 Å². The summed E-state index contributed by atoms with van der Waals surface area (Å²) < 4.78 is 4.65. The molecule has 12 heteroatoms. The molecule has 0 radical (unpaired) electrons. The molecular formula is C17H22N4O8. The van der Waals surface area contributed by atoms with Gasteiger partial charge in [0.25, 0.3) is 17.3 Å². The summed E-state index contributed by atoms with van der Waals surface area (Å²) in [7, 11) is 1.18. The molecule has 0 fully saturated rings. The predicted molar refractivity (Wildman–Crippen MR) is 100 cm³/mol. The highest BCUT2D eigenvalue weighted by atomic mass is 16.6. The molecule has 1 rings (SSSR count). The largest absolute Gasteiger partial charge is 0.467 e. The second-order valence-electron chi connectivity index (χ2n) is 6.66. The fourth-order valence-corrected chi connectivity index (χ4v) is 2.41. The second kappa shape index (κ2) is 10.1. The van der Waals surface area contributed by atoms with Gasteiger partial charge in [0.2, 0.25) is 5.91 Å². The fourth-order valence-electron chi connectivity index (χ4n) is 2.41. The molecule has 0 unspecified atom stereocenters. The smallest absolute Gasteiger partial charge is 0.328 e. The standard InChI is InChI=1S/C17H22N4O8/c1-9(2)5-14(17(24)29-4)19-15(22)10(3)18-16(23)11-6-12(20(25)26)8-13(7-11)21(27)28/h6-10,14H,5H2,1-4H3,(H,18,23)(H,19,22)/t10-,14-/m0/s1. The maximum absolute atomic E-state index is 12.3. The summed E-state index contributed by atoms with van der Waals surface area (Å²) in [6, 6.07) is 0.414. The van der Waals surface area contributed by atoms with Gasteiger partial charge in [-0.3, -0.25) is 29.8 Å². The van der Waals surface area contributed by atoms with Crippen LogP contribution in [0.3, 0.4) is 0 Å². The Morgan fingerprint density at radius 1 is 1.00 bits per heavy atom. The van der Waals surface area contributed by atoms with Crippen LogP contribution in [0.5, 0.6) is 0 Å². The number of nitrogens with one attached hydrogen (secondary N) is 2. The van der Waals surface area contributed by atoms with E-state index in [4.69, 9.17) is 0 Å². The number of carbonyl (C=O) groups is 3. The third-order valence-corrected chi connectivity index (χ3v) is 3.84. The fraction of sp³-hybridized carbons (Fsp3) is 0.471. The Bertz CT molecular complexity index is 791. The van der Waals surface area contributed by atoms with E-state index in [0.29, 0.717) is 6.42 Å². The van der Waals surface area contributed by atoms with Crippen molar-refractivity contribution >= 4 is 29.2 Å². The molecular weight excluding hydrogens is 388 g/mol. The molecule has 0 spiro atoms. The van der Waals surface area contributed by atoms with Crippen LogP contribution in [-0.4, -0.2) is 46.8 Å². The van der Waals surface area contributed by atoms with Crippen molar-refractivity contribution in [2.75, 3.05) is 7.11 Å². The quantitative estimate of drug-likeness (QED) is 0.348. The van der Waals surface area contributed by atoms with Gasteiger partial charge in [0.1, 0.15) is 12.1 Å². The van der Waals surface area contributed by atoms with Crippen LogP contribution < -0.4 is 10.6 Å². The summed E-state index contributed by atoms with van der Waals surface area (Å²) in [4.78, 5) is 56.6. The molecule has 12 nitrogen and oxygen atoms in total. The number of carbonyl (C=O) groups excluding carboxylic acids is 3. The maximum atomic E-state index is 12.3. The number of benzene rings is 1. The molecule has 0 aromatic heterocycles. The summed E-state index contributed by atoms with van der Waals surface area (Å²) in [6.45, 7) is 5.04. The maximum Gasteiger partial charge on any atom is 0.328 e. The van der Waals surface area contributed by atoms with Crippen LogP contribution in [0.15, 0.2) is 18.2 Å². The van der Waals surface area contributed by atoms with Crippen molar-refractivity contribution in [2.24, 2.45) is 5.92 Å². The molecule has 1 aromatic carbocycles. The van der Waals surface area contributed by atoms with Crippen LogP contribution in [-0.2, 0) is 14.3 Å². The summed E-state index contributed by atoms with van der Waals surface area (Å²) in [6.07, 6.45) is 0.316. The first kappa shape index (κ1) is 23.5. The van der Waals surface area contributed by atoms with Gasteiger partial charge in [-0.25, -0.2) is 4.79 Å². The minimum Gasteiger partial charge on any atom is -0.467 e. The summed E-state index contributed by atoms with van der Waals surface area (Å²) in [5.74, 6) is -2.16. The number of nitro groups is 2. The van der Waals surface area contributed by atoms with Crippen LogP contribution in [0.1, 0.15) is 37.6 Å². The van der Waals surface area contributed by atoms with E-state index in [1.165, 1.54) is 14.0 Å². The molecule has 0 aliphatic heterocycles. The van der Waals surface area contributed by atoms with Gasteiger partial charge >= 0.3 is 5.97 Å². The average molecular weight is 410 g/mol. The monoisotopic (exact) mass is 410 g/mol. The van der Waals surface area contributed by atoms with Gasteiger partial charge in [0.05, 0.1) is 28.6 Å². The molecule has 0 heterocycles. The Labute approximate surface area is 165 Å². The number of nitrogens with zero attached hydrogens (tertiary/aromatic N) is 2. The van der Waals surface area contributed by atoms with Gasteiger partial charge in [0.15, 0.2) is 0 Å². The Balaban J connectivity index is 2.95. The molecule has 0 bridgehead atoms. The van der Waals surface area contributed by atoms with E-state index in [1.54, 1.807) is 0 Å². The van der Waals surface area contributed by atoms with Gasteiger partial charge in [-0.1, -0.05) is 13.8 Å². The van der Waals surface area contributed by atoms with E-state index in [-0.39, 0.29) is 11.5 Å². The molecule has 29 heavy (non-hydrogen) atoms. The van der Waals surface area contributed by atoms with Gasteiger partial charge in [-0.05, 0) is 19.3 Å². The lowest BCUT2D eigenvalue weighted by Gasteiger charge is -2.21. The lowest BCUT2D eigenvalue weighted by Crippen LogP contribution is -2.51. The minimum absolute atomic E-state index is 0.0784. The number of non-ortho nitro benzene ring substituents is 2. The molecule has 0 saturated heterocycles. The number of hydrogen-bond donors (Lipinski definition) is 2. The topological polar surface area (TPSA) is 171 Å². The van der Waals surface area contributed by atoms with E-state index < -0.39 is 51.1 Å². The number of amides is 2. The zero-order valence-corrected chi connectivity index (χ0v) is 16.3. The third kappa shape index (κ3) is 6.83. The number of methoxy groups -OCH3 is 1. The Kier molecular flexibility index (Phi) is 8.18. The van der Waals surface area contributed by atoms with Crippen molar-refractivity contribution in [1.29, 1.82) is 0 Å². The Morgan fingerprint density at radius 2 is 1.52 bits per heavy atom. The summed E-state index contributed by atoms with van der Waals surface area (Å²) >= 11 is 0. The van der Waals surface area contributed by atoms with Crippen molar-refractivity contribution in [3.8, 4) is 0 Å². The van der Waals surface area contributed by atoms with Crippen molar-refractivity contribution in [1.82, 2.24) is 10.6 Å². The van der Waals surface area contributed by atoms with Crippen molar-refractivity contribution in [3.05, 3.63) is 44.0 Å². The van der Waals surface area contributed by atoms with Gasteiger partial charge < -0.3 is 15.4 Å². The second-order valence-corrected chi connectivity index (χ2v) is 6.66. The van der Waals surface area contributed by atoms with E-state index in [9.17, 15) is 34.6 Å².